The second-order valence-electron chi connectivity index (χ2n) is 7.00. The first kappa shape index (κ1) is 15.5. The molecule has 1 atom stereocenters. The number of hydrogen-bond acceptors (Lipinski definition) is 2. The minimum absolute atomic E-state index is 0.231. The van der Waals surface area contributed by atoms with Crippen molar-refractivity contribution in [1.29, 1.82) is 0 Å². The molecule has 0 aromatic heterocycles. The van der Waals surface area contributed by atoms with Crippen molar-refractivity contribution in [3.05, 3.63) is 35.4 Å². The summed E-state index contributed by atoms with van der Waals surface area (Å²) in [5, 5.41) is 3.48. The van der Waals surface area contributed by atoms with Crippen molar-refractivity contribution < 1.29 is 4.74 Å². The van der Waals surface area contributed by atoms with Crippen LogP contribution < -0.4 is 5.32 Å². The average Bonchev–Trinajstić information content (AvgIpc) is 2.45. The zero-order valence-electron chi connectivity index (χ0n) is 13.4. The van der Waals surface area contributed by atoms with Crippen LogP contribution in [-0.2, 0) is 10.2 Å². The molecule has 0 aliphatic carbocycles. The smallest absolute Gasteiger partial charge is 0.0468 e. The zero-order valence-corrected chi connectivity index (χ0v) is 13.4. The van der Waals surface area contributed by atoms with Gasteiger partial charge in [-0.2, -0.15) is 0 Å². The highest BCUT2D eigenvalue weighted by atomic mass is 16.5. The Morgan fingerprint density at radius 1 is 1.15 bits per heavy atom. The summed E-state index contributed by atoms with van der Waals surface area (Å²) in [6.07, 6.45) is 3.63. The molecule has 0 saturated carbocycles. The monoisotopic (exact) mass is 275 g/mol. The van der Waals surface area contributed by atoms with E-state index in [1.54, 1.807) is 0 Å². The van der Waals surface area contributed by atoms with Crippen LogP contribution >= 0.6 is 0 Å². The van der Waals surface area contributed by atoms with Gasteiger partial charge in [0.25, 0.3) is 0 Å². The number of nitrogens with one attached hydrogen (secondary N) is 1. The molecule has 1 N–H and O–H groups in total. The van der Waals surface area contributed by atoms with Crippen molar-refractivity contribution in [3.63, 3.8) is 0 Å². The Labute approximate surface area is 123 Å². The lowest BCUT2D eigenvalue weighted by atomic mass is 9.85. The van der Waals surface area contributed by atoms with Crippen LogP contribution in [0.1, 0.15) is 57.2 Å². The van der Waals surface area contributed by atoms with Gasteiger partial charge in [0, 0.05) is 19.3 Å². The molecule has 1 saturated heterocycles. The summed E-state index contributed by atoms with van der Waals surface area (Å²) < 4.78 is 5.45. The van der Waals surface area contributed by atoms with Gasteiger partial charge in [-0.1, -0.05) is 45.0 Å². The second kappa shape index (κ2) is 6.73. The van der Waals surface area contributed by atoms with Crippen LogP contribution in [0.3, 0.4) is 0 Å². The van der Waals surface area contributed by atoms with Crippen molar-refractivity contribution in [2.24, 2.45) is 5.92 Å². The fraction of sp³-hybridized carbons (Fsp3) is 0.667. The Balaban J connectivity index is 2.03. The molecule has 0 radical (unpaired) electrons. The molecule has 0 bridgehead atoms. The fourth-order valence-electron chi connectivity index (χ4n) is 2.95. The predicted molar refractivity (Wildman–Crippen MR) is 85.1 cm³/mol. The van der Waals surface area contributed by atoms with Crippen molar-refractivity contribution in [3.8, 4) is 0 Å². The highest BCUT2D eigenvalue weighted by Crippen LogP contribution is 2.29. The first-order valence-electron chi connectivity index (χ1n) is 7.86. The Morgan fingerprint density at radius 2 is 1.75 bits per heavy atom. The second-order valence-corrected chi connectivity index (χ2v) is 7.00. The Hall–Kier alpha value is -0.860. The molecule has 1 aromatic rings. The standard InChI is InChI=1S/C18H29NO/c1-18(2,3)16-7-5-15(6-8-16)17(19-4)13-14-9-11-20-12-10-14/h5-8,14,17,19H,9-13H2,1-4H3. The summed E-state index contributed by atoms with van der Waals surface area (Å²) in [5.41, 5.74) is 3.04. The normalized spacial score (nSPS) is 19.0. The maximum Gasteiger partial charge on any atom is 0.0468 e. The Bertz CT molecular complexity index is 398. The van der Waals surface area contributed by atoms with Crippen molar-refractivity contribution in [1.82, 2.24) is 5.32 Å². The molecule has 2 nitrogen and oxygen atoms in total. The van der Waals surface area contributed by atoms with Gasteiger partial charge < -0.3 is 10.1 Å². The number of ether oxygens (including phenoxy) is 1. The minimum Gasteiger partial charge on any atom is -0.381 e. The van der Waals surface area contributed by atoms with Gasteiger partial charge in [-0.3, -0.25) is 0 Å². The molecule has 1 aliphatic rings. The molecule has 1 heterocycles. The van der Waals surface area contributed by atoms with E-state index in [0.29, 0.717) is 6.04 Å². The molecule has 1 aromatic carbocycles. The maximum absolute atomic E-state index is 5.45. The molecule has 2 rings (SSSR count). The van der Waals surface area contributed by atoms with E-state index in [4.69, 9.17) is 4.74 Å². The molecule has 1 fully saturated rings. The maximum atomic E-state index is 5.45. The van der Waals surface area contributed by atoms with Crippen LogP contribution in [0.15, 0.2) is 24.3 Å². The zero-order chi connectivity index (χ0) is 14.6. The van der Waals surface area contributed by atoms with Crippen LogP contribution in [0.5, 0.6) is 0 Å². The van der Waals surface area contributed by atoms with Crippen LogP contribution in [0.2, 0.25) is 0 Å². The molecule has 1 aliphatic heterocycles. The fourth-order valence-corrected chi connectivity index (χ4v) is 2.95. The molecule has 20 heavy (non-hydrogen) atoms. The van der Waals surface area contributed by atoms with Crippen molar-refractivity contribution >= 4 is 0 Å². The van der Waals surface area contributed by atoms with E-state index in [1.807, 2.05) is 0 Å². The van der Waals surface area contributed by atoms with Crippen LogP contribution in [0.25, 0.3) is 0 Å². The van der Waals surface area contributed by atoms with Gasteiger partial charge in [0.15, 0.2) is 0 Å². The lowest BCUT2D eigenvalue weighted by Gasteiger charge is -2.27. The van der Waals surface area contributed by atoms with E-state index < -0.39 is 0 Å². The van der Waals surface area contributed by atoms with Gasteiger partial charge in [0.2, 0.25) is 0 Å². The number of hydrogen-bond donors (Lipinski definition) is 1. The molecular formula is C18H29NO. The van der Waals surface area contributed by atoms with E-state index in [1.165, 1.54) is 30.4 Å². The van der Waals surface area contributed by atoms with Gasteiger partial charge in [-0.15, -0.1) is 0 Å². The molecule has 1 unspecified atom stereocenters. The number of benzene rings is 1. The van der Waals surface area contributed by atoms with Crippen LogP contribution in [0, 0.1) is 5.92 Å². The summed E-state index contributed by atoms with van der Waals surface area (Å²) >= 11 is 0. The quantitative estimate of drug-likeness (QED) is 0.894. The van der Waals surface area contributed by atoms with E-state index in [0.717, 1.165) is 19.1 Å². The van der Waals surface area contributed by atoms with Crippen molar-refractivity contribution in [2.45, 2.75) is 51.5 Å². The summed E-state index contributed by atoms with van der Waals surface area (Å²) in [4.78, 5) is 0. The Morgan fingerprint density at radius 3 is 2.25 bits per heavy atom. The molecule has 112 valence electrons. The van der Waals surface area contributed by atoms with Gasteiger partial charge in [0.1, 0.15) is 0 Å². The van der Waals surface area contributed by atoms with E-state index >= 15 is 0 Å². The highest BCUT2D eigenvalue weighted by molar-refractivity contribution is 5.29. The average molecular weight is 275 g/mol. The van der Waals surface area contributed by atoms with Gasteiger partial charge >= 0.3 is 0 Å². The largest absolute Gasteiger partial charge is 0.381 e. The lowest BCUT2D eigenvalue weighted by molar-refractivity contribution is 0.0608. The summed E-state index contributed by atoms with van der Waals surface area (Å²) in [5.74, 6) is 0.795. The molecular weight excluding hydrogens is 246 g/mol. The molecule has 0 spiro atoms. The number of rotatable bonds is 4. The highest BCUT2D eigenvalue weighted by Gasteiger charge is 2.20. The van der Waals surface area contributed by atoms with Crippen molar-refractivity contribution in [2.75, 3.05) is 20.3 Å². The predicted octanol–water partition coefficient (Wildman–Crippen LogP) is 4.06. The van der Waals surface area contributed by atoms with E-state index in [-0.39, 0.29) is 5.41 Å². The molecule has 2 heteroatoms. The lowest BCUT2D eigenvalue weighted by Crippen LogP contribution is -2.24. The van der Waals surface area contributed by atoms with Gasteiger partial charge in [0.05, 0.1) is 0 Å². The minimum atomic E-state index is 0.231. The van der Waals surface area contributed by atoms with Crippen LogP contribution in [-0.4, -0.2) is 20.3 Å². The summed E-state index contributed by atoms with van der Waals surface area (Å²) in [7, 11) is 2.07. The summed E-state index contributed by atoms with van der Waals surface area (Å²) in [6.45, 7) is 8.66. The van der Waals surface area contributed by atoms with Gasteiger partial charge in [-0.05, 0) is 48.8 Å². The topological polar surface area (TPSA) is 21.3 Å². The van der Waals surface area contributed by atoms with Gasteiger partial charge in [-0.25, -0.2) is 0 Å². The van der Waals surface area contributed by atoms with E-state index in [2.05, 4.69) is 57.4 Å². The third-order valence-corrected chi connectivity index (χ3v) is 4.44. The third kappa shape index (κ3) is 4.07. The third-order valence-electron chi connectivity index (χ3n) is 4.44. The molecule has 0 amide bonds. The van der Waals surface area contributed by atoms with Crippen LogP contribution in [0.4, 0.5) is 0 Å². The first-order chi connectivity index (χ1) is 9.50. The first-order valence-corrected chi connectivity index (χ1v) is 7.86. The summed E-state index contributed by atoms with van der Waals surface area (Å²) in [6, 6.07) is 9.61. The van der Waals surface area contributed by atoms with E-state index in [9.17, 15) is 0 Å². The SMILES string of the molecule is CNC(CC1CCOCC1)c1ccc(C(C)(C)C)cc1. The Kier molecular flexibility index (Phi) is 5.22.